The van der Waals surface area contributed by atoms with Crippen LogP contribution in [-0.4, -0.2) is 50.3 Å². The van der Waals surface area contributed by atoms with Crippen LogP contribution in [-0.2, 0) is 7.05 Å². The van der Waals surface area contributed by atoms with Gasteiger partial charge in [0.15, 0.2) is 5.82 Å². The number of pyridine rings is 1. The van der Waals surface area contributed by atoms with Gasteiger partial charge in [-0.1, -0.05) is 0 Å². The first-order chi connectivity index (χ1) is 10.2. The highest BCUT2D eigenvalue weighted by atomic mass is 32.1. The van der Waals surface area contributed by atoms with Crippen molar-refractivity contribution in [3.8, 4) is 0 Å². The second kappa shape index (κ2) is 5.65. The molecule has 110 valence electrons. The summed E-state index contributed by atoms with van der Waals surface area (Å²) in [4.78, 5) is 28.2. The lowest BCUT2D eigenvalue weighted by Gasteiger charge is -2.34. The van der Waals surface area contributed by atoms with E-state index in [9.17, 15) is 9.59 Å². The van der Waals surface area contributed by atoms with Crippen LogP contribution in [0.5, 0.6) is 0 Å². The molecule has 0 N–H and O–H groups in total. The highest BCUT2D eigenvalue weighted by molar-refractivity contribution is 6.99. The average Bonchev–Trinajstić information content (AvgIpc) is 3.04. The zero-order valence-corrected chi connectivity index (χ0v) is 12.4. The summed E-state index contributed by atoms with van der Waals surface area (Å²) in [6.45, 7) is 2.55. The van der Waals surface area contributed by atoms with E-state index in [1.807, 2.05) is 0 Å². The van der Waals surface area contributed by atoms with E-state index in [1.165, 1.54) is 16.3 Å². The fourth-order valence-electron chi connectivity index (χ4n) is 2.37. The summed E-state index contributed by atoms with van der Waals surface area (Å²) in [5.41, 5.74) is -0.0302. The van der Waals surface area contributed by atoms with Gasteiger partial charge in [-0.25, -0.2) is 0 Å². The summed E-state index contributed by atoms with van der Waals surface area (Å²) in [5.74, 6) is 0.648. The van der Waals surface area contributed by atoms with E-state index < -0.39 is 0 Å². The molecule has 2 aromatic heterocycles. The lowest BCUT2D eigenvalue weighted by atomic mass is 10.2. The largest absolute Gasteiger partial charge is 0.351 e. The molecule has 3 heterocycles. The third kappa shape index (κ3) is 2.66. The van der Waals surface area contributed by atoms with Gasteiger partial charge in [0, 0.05) is 39.4 Å². The van der Waals surface area contributed by atoms with Crippen LogP contribution in [0.25, 0.3) is 0 Å². The van der Waals surface area contributed by atoms with Crippen molar-refractivity contribution in [1.82, 2.24) is 18.2 Å². The number of piperazine rings is 1. The number of aryl methyl sites for hydroxylation is 1. The lowest BCUT2D eigenvalue weighted by molar-refractivity contribution is 0.0744. The molecule has 21 heavy (non-hydrogen) atoms. The fraction of sp³-hybridized carbons (Fsp3) is 0.385. The van der Waals surface area contributed by atoms with Crippen molar-refractivity contribution in [3.05, 3.63) is 40.4 Å². The molecule has 0 radical (unpaired) electrons. The Kier molecular flexibility index (Phi) is 3.70. The molecule has 0 unspecified atom stereocenters. The summed E-state index contributed by atoms with van der Waals surface area (Å²) in [5, 5.41) is 0. The minimum absolute atomic E-state index is 0.202. The highest BCUT2D eigenvalue weighted by Crippen LogP contribution is 2.14. The minimum Gasteiger partial charge on any atom is -0.351 e. The number of hydrogen-bond acceptors (Lipinski definition) is 6. The smallest absolute Gasteiger partial charge is 0.263 e. The first kappa shape index (κ1) is 13.7. The summed E-state index contributed by atoms with van der Waals surface area (Å²) in [6, 6.07) is 3.30. The number of hydrogen-bond donors (Lipinski definition) is 0. The number of carbonyl (C=O) groups is 1. The zero-order chi connectivity index (χ0) is 14.8. The van der Waals surface area contributed by atoms with Gasteiger partial charge in [0.05, 0.1) is 17.9 Å². The Labute approximate surface area is 125 Å². The van der Waals surface area contributed by atoms with Gasteiger partial charge in [0.1, 0.15) is 5.56 Å². The van der Waals surface area contributed by atoms with Crippen LogP contribution < -0.4 is 10.5 Å². The van der Waals surface area contributed by atoms with Gasteiger partial charge in [0.25, 0.3) is 11.5 Å². The molecule has 1 amide bonds. The molecule has 1 aliphatic heterocycles. The van der Waals surface area contributed by atoms with Crippen molar-refractivity contribution in [2.75, 3.05) is 31.1 Å². The first-order valence-corrected chi connectivity index (χ1v) is 7.37. The van der Waals surface area contributed by atoms with E-state index in [-0.39, 0.29) is 17.0 Å². The number of carbonyl (C=O) groups excluding carboxylic acids is 1. The molecule has 0 atom stereocenters. The van der Waals surface area contributed by atoms with Crippen LogP contribution in [0.15, 0.2) is 29.3 Å². The number of rotatable bonds is 2. The Bertz CT molecular complexity index is 689. The van der Waals surface area contributed by atoms with Gasteiger partial charge in [0.2, 0.25) is 0 Å². The topological polar surface area (TPSA) is 71.3 Å². The Hall–Kier alpha value is -2.22. The van der Waals surface area contributed by atoms with Crippen LogP contribution in [0.1, 0.15) is 10.4 Å². The van der Waals surface area contributed by atoms with Crippen molar-refractivity contribution < 1.29 is 4.79 Å². The van der Waals surface area contributed by atoms with E-state index >= 15 is 0 Å². The first-order valence-electron chi connectivity index (χ1n) is 6.64. The van der Waals surface area contributed by atoms with E-state index in [0.29, 0.717) is 26.2 Å². The van der Waals surface area contributed by atoms with E-state index in [1.54, 1.807) is 36.5 Å². The van der Waals surface area contributed by atoms with Gasteiger partial charge in [-0.15, -0.1) is 0 Å². The molecule has 0 saturated carbocycles. The predicted octanol–water partition coefficient (Wildman–Crippen LogP) is 0.199. The summed E-state index contributed by atoms with van der Waals surface area (Å²) in [7, 11) is 1.65. The Morgan fingerprint density at radius 2 is 2.05 bits per heavy atom. The van der Waals surface area contributed by atoms with Crippen LogP contribution >= 0.6 is 11.7 Å². The molecule has 8 heteroatoms. The maximum absolute atomic E-state index is 12.4. The summed E-state index contributed by atoms with van der Waals surface area (Å²) < 4.78 is 9.60. The molecule has 0 spiro atoms. The predicted molar refractivity (Wildman–Crippen MR) is 79.7 cm³/mol. The molecule has 1 fully saturated rings. The van der Waals surface area contributed by atoms with Crippen molar-refractivity contribution in [3.63, 3.8) is 0 Å². The monoisotopic (exact) mass is 305 g/mol. The molecule has 3 rings (SSSR count). The van der Waals surface area contributed by atoms with Crippen LogP contribution in [0.2, 0.25) is 0 Å². The minimum atomic E-state index is -0.256. The van der Waals surface area contributed by atoms with Crippen molar-refractivity contribution in [2.45, 2.75) is 0 Å². The number of amides is 1. The highest BCUT2D eigenvalue weighted by Gasteiger charge is 2.24. The molecule has 2 aromatic rings. The maximum Gasteiger partial charge on any atom is 0.263 e. The van der Waals surface area contributed by atoms with Gasteiger partial charge in [-0.3, -0.25) is 9.59 Å². The van der Waals surface area contributed by atoms with Crippen LogP contribution in [0.4, 0.5) is 5.82 Å². The van der Waals surface area contributed by atoms with Crippen LogP contribution in [0, 0.1) is 0 Å². The third-order valence-electron chi connectivity index (χ3n) is 3.59. The summed E-state index contributed by atoms with van der Waals surface area (Å²) >= 11 is 1.17. The second-order valence-electron chi connectivity index (χ2n) is 4.88. The Balaban J connectivity index is 1.71. The molecule has 0 bridgehead atoms. The zero-order valence-electron chi connectivity index (χ0n) is 11.6. The number of nitrogens with zero attached hydrogens (tertiary/aromatic N) is 5. The second-order valence-corrected chi connectivity index (χ2v) is 5.44. The molecule has 0 aliphatic carbocycles. The standard InChI is InChI=1S/C13H15N5O2S/c1-16-4-2-3-10(12(16)19)13(20)18-7-5-17(6-8-18)11-9-14-21-15-11/h2-4,9H,5-8H2,1H3. The molecular formula is C13H15N5O2S. The Morgan fingerprint density at radius 3 is 2.71 bits per heavy atom. The Morgan fingerprint density at radius 1 is 1.29 bits per heavy atom. The van der Waals surface area contributed by atoms with Crippen molar-refractivity contribution >= 4 is 23.5 Å². The average molecular weight is 305 g/mol. The molecule has 0 aromatic carbocycles. The molecular weight excluding hydrogens is 290 g/mol. The fourth-order valence-corrected chi connectivity index (χ4v) is 2.80. The summed E-state index contributed by atoms with van der Waals surface area (Å²) in [6.07, 6.45) is 3.38. The molecule has 7 nitrogen and oxygen atoms in total. The van der Waals surface area contributed by atoms with Crippen molar-refractivity contribution in [2.24, 2.45) is 7.05 Å². The quantitative estimate of drug-likeness (QED) is 0.792. The van der Waals surface area contributed by atoms with Crippen LogP contribution in [0.3, 0.4) is 0 Å². The SMILES string of the molecule is Cn1cccc(C(=O)N2CCN(c3cnsn3)CC2)c1=O. The molecule has 1 saturated heterocycles. The third-order valence-corrected chi connectivity index (χ3v) is 4.06. The van der Waals surface area contributed by atoms with Gasteiger partial charge in [-0.2, -0.15) is 8.75 Å². The number of anilines is 1. The number of aromatic nitrogens is 3. The van der Waals surface area contributed by atoms with Gasteiger partial charge < -0.3 is 14.4 Å². The molecule has 1 aliphatic rings. The maximum atomic E-state index is 12.4. The van der Waals surface area contributed by atoms with E-state index in [4.69, 9.17) is 0 Å². The van der Waals surface area contributed by atoms with Gasteiger partial charge >= 0.3 is 0 Å². The van der Waals surface area contributed by atoms with Crippen molar-refractivity contribution in [1.29, 1.82) is 0 Å². The van der Waals surface area contributed by atoms with E-state index in [2.05, 4.69) is 13.6 Å². The normalized spacial score (nSPS) is 15.3. The lowest BCUT2D eigenvalue weighted by Crippen LogP contribution is -2.50. The van der Waals surface area contributed by atoms with Gasteiger partial charge in [-0.05, 0) is 12.1 Å². The van der Waals surface area contributed by atoms with E-state index in [0.717, 1.165) is 5.82 Å².